The Labute approximate surface area is 135 Å². The molecule has 3 atom stereocenters. The van der Waals surface area contributed by atoms with Gasteiger partial charge in [-0.25, -0.2) is 0 Å². The third kappa shape index (κ3) is 3.10. The van der Waals surface area contributed by atoms with E-state index in [1.807, 2.05) is 6.92 Å². The lowest BCUT2D eigenvalue weighted by atomic mass is 9.40. The summed E-state index contributed by atoms with van der Waals surface area (Å²) in [5.74, 6) is 1.10. The first-order valence-corrected chi connectivity index (χ1v) is 8.28. The van der Waals surface area contributed by atoms with E-state index in [-0.39, 0.29) is 23.9 Å². The SMILES string of the molecule is CC(N)CCNC(=O)C12CC3CC(C)(CC(C)(C3)C1)C2.Cl. The number of nitrogens with one attached hydrogen (secondary N) is 1. The summed E-state index contributed by atoms with van der Waals surface area (Å²) < 4.78 is 0. The molecule has 1 amide bonds. The summed E-state index contributed by atoms with van der Waals surface area (Å²) in [5.41, 5.74) is 6.53. The fraction of sp³-hybridized carbons (Fsp3) is 0.941. The normalized spacial score (nSPS) is 45.0. The summed E-state index contributed by atoms with van der Waals surface area (Å²) in [4.78, 5) is 12.8. The second-order valence-corrected chi connectivity index (χ2v) is 8.93. The van der Waals surface area contributed by atoms with E-state index < -0.39 is 0 Å². The van der Waals surface area contributed by atoms with Crippen LogP contribution < -0.4 is 11.1 Å². The fourth-order valence-corrected chi connectivity index (χ4v) is 6.30. The minimum Gasteiger partial charge on any atom is -0.356 e. The molecular weight excluding hydrogens is 284 g/mol. The van der Waals surface area contributed by atoms with E-state index in [9.17, 15) is 4.79 Å². The number of hydrogen-bond acceptors (Lipinski definition) is 2. The Morgan fingerprint density at radius 3 is 2.24 bits per heavy atom. The summed E-state index contributed by atoms with van der Waals surface area (Å²) >= 11 is 0. The molecule has 0 aromatic heterocycles. The zero-order valence-corrected chi connectivity index (χ0v) is 14.5. The van der Waals surface area contributed by atoms with Crippen molar-refractivity contribution >= 4 is 18.3 Å². The molecule has 122 valence electrons. The van der Waals surface area contributed by atoms with Gasteiger partial charge in [0.05, 0.1) is 5.41 Å². The first kappa shape index (κ1) is 17.1. The smallest absolute Gasteiger partial charge is 0.226 e. The monoisotopic (exact) mass is 314 g/mol. The molecule has 3 N–H and O–H groups in total. The highest BCUT2D eigenvalue weighted by atomic mass is 35.5. The largest absolute Gasteiger partial charge is 0.356 e. The van der Waals surface area contributed by atoms with Crippen molar-refractivity contribution in [1.82, 2.24) is 5.32 Å². The number of hydrogen-bond donors (Lipinski definition) is 2. The molecule has 21 heavy (non-hydrogen) atoms. The number of halogens is 1. The summed E-state index contributed by atoms with van der Waals surface area (Å²) in [6, 6.07) is 0.168. The Morgan fingerprint density at radius 2 is 1.76 bits per heavy atom. The van der Waals surface area contributed by atoms with Crippen LogP contribution >= 0.6 is 12.4 Å². The quantitative estimate of drug-likeness (QED) is 0.837. The first-order chi connectivity index (χ1) is 9.24. The predicted molar refractivity (Wildman–Crippen MR) is 88.4 cm³/mol. The number of amides is 1. The van der Waals surface area contributed by atoms with Crippen LogP contribution in [0.4, 0.5) is 0 Å². The lowest BCUT2D eigenvalue weighted by Crippen LogP contribution is -2.60. The van der Waals surface area contributed by atoms with E-state index >= 15 is 0 Å². The van der Waals surface area contributed by atoms with Gasteiger partial charge in [0.15, 0.2) is 0 Å². The summed E-state index contributed by atoms with van der Waals surface area (Å²) in [5, 5.41) is 3.19. The predicted octanol–water partition coefficient (Wildman–Crippen LogP) is 3.26. The topological polar surface area (TPSA) is 55.1 Å². The van der Waals surface area contributed by atoms with Gasteiger partial charge in [0.2, 0.25) is 5.91 Å². The number of nitrogens with two attached hydrogens (primary N) is 1. The highest BCUT2D eigenvalue weighted by molar-refractivity contribution is 5.85. The fourth-order valence-electron chi connectivity index (χ4n) is 6.30. The summed E-state index contributed by atoms with van der Waals surface area (Å²) in [7, 11) is 0. The average molecular weight is 315 g/mol. The number of carbonyl (C=O) groups excluding carboxylic acids is 1. The lowest BCUT2D eigenvalue weighted by molar-refractivity contribution is -0.170. The lowest BCUT2D eigenvalue weighted by Gasteiger charge is -2.64. The van der Waals surface area contributed by atoms with E-state index in [0.717, 1.165) is 38.1 Å². The van der Waals surface area contributed by atoms with Crippen LogP contribution in [-0.2, 0) is 4.79 Å². The average Bonchev–Trinajstić information content (AvgIpc) is 2.22. The molecule has 4 fully saturated rings. The van der Waals surface area contributed by atoms with E-state index in [1.54, 1.807) is 0 Å². The molecule has 4 saturated carbocycles. The highest BCUT2D eigenvalue weighted by Gasteiger charge is 2.62. The number of carbonyl (C=O) groups is 1. The van der Waals surface area contributed by atoms with Crippen LogP contribution in [0, 0.1) is 22.2 Å². The molecule has 0 saturated heterocycles. The van der Waals surface area contributed by atoms with Gasteiger partial charge in [-0.05, 0) is 68.6 Å². The van der Waals surface area contributed by atoms with Crippen molar-refractivity contribution in [2.24, 2.45) is 27.9 Å². The van der Waals surface area contributed by atoms with Gasteiger partial charge in [-0.1, -0.05) is 13.8 Å². The van der Waals surface area contributed by atoms with Gasteiger partial charge in [0, 0.05) is 12.6 Å². The third-order valence-electron chi connectivity index (χ3n) is 5.99. The second-order valence-electron chi connectivity index (χ2n) is 8.93. The van der Waals surface area contributed by atoms with Crippen molar-refractivity contribution in [3.8, 4) is 0 Å². The summed E-state index contributed by atoms with van der Waals surface area (Å²) in [6.45, 7) is 7.56. The third-order valence-corrected chi connectivity index (χ3v) is 5.99. The second kappa shape index (κ2) is 5.42. The molecule has 0 aromatic carbocycles. The minimum absolute atomic E-state index is 0. The maximum Gasteiger partial charge on any atom is 0.226 e. The van der Waals surface area contributed by atoms with Crippen LogP contribution in [0.15, 0.2) is 0 Å². The molecule has 0 heterocycles. The number of rotatable bonds is 4. The van der Waals surface area contributed by atoms with Crippen molar-refractivity contribution in [2.45, 2.75) is 71.8 Å². The van der Waals surface area contributed by atoms with Crippen LogP contribution in [0.1, 0.15) is 65.7 Å². The van der Waals surface area contributed by atoms with Gasteiger partial charge in [-0.2, -0.15) is 0 Å². The molecule has 0 aliphatic heterocycles. The van der Waals surface area contributed by atoms with Crippen molar-refractivity contribution in [2.75, 3.05) is 6.54 Å². The van der Waals surface area contributed by atoms with Gasteiger partial charge in [-0.3, -0.25) is 4.79 Å². The standard InChI is InChI=1S/C17H30N2O.ClH/c1-12(18)4-5-19-14(20)17-8-13-6-15(2,10-17)9-16(3,7-13)11-17;/h12-13H,4-11,18H2,1-3H3,(H,19,20);1H. The van der Waals surface area contributed by atoms with Crippen molar-refractivity contribution in [3.05, 3.63) is 0 Å². The molecule has 0 spiro atoms. The Balaban J connectivity index is 0.00000161. The zero-order valence-electron chi connectivity index (χ0n) is 13.7. The molecular formula is C17H31ClN2O. The Hall–Kier alpha value is -0.280. The summed E-state index contributed by atoms with van der Waals surface area (Å²) in [6.07, 6.45) is 8.23. The van der Waals surface area contributed by atoms with Gasteiger partial charge >= 0.3 is 0 Å². The van der Waals surface area contributed by atoms with Crippen LogP contribution in [-0.4, -0.2) is 18.5 Å². The molecule has 4 aliphatic carbocycles. The Morgan fingerprint density at radius 1 is 1.19 bits per heavy atom. The Bertz CT molecular complexity index is 405. The van der Waals surface area contributed by atoms with Gasteiger partial charge in [0.25, 0.3) is 0 Å². The molecule has 4 aliphatic rings. The molecule has 4 heteroatoms. The first-order valence-electron chi connectivity index (χ1n) is 8.28. The molecule has 0 aromatic rings. The van der Waals surface area contributed by atoms with Gasteiger partial charge in [-0.15, -0.1) is 12.4 Å². The van der Waals surface area contributed by atoms with Gasteiger partial charge in [0.1, 0.15) is 0 Å². The van der Waals surface area contributed by atoms with Gasteiger partial charge < -0.3 is 11.1 Å². The zero-order chi connectivity index (χ0) is 14.6. The molecule has 0 radical (unpaired) electrons. The van der Waals surface area contributed by atoms with E-state index in [2.05, 4.69) is 19.2 Å². The molecule has 4 bridgehead atoms. The Kier molecular flexibility index (Phi) is 4.41. The van der Waals surface area contributed by atoms with E-state index in [0.29, 0.717) is 16.7 Å². The highest BCUT2D eigenvalue weighted by Crippen LogP contribution is 2.69. The van der Waals surface area contributed by atoms with Crippen molar-refractivity contribution < 1.29 is 4.79 Å². The van der Waals surface area contributed by atoms with Crippen LogP contribution in [0.25, 0.3) is 0 Å². The van der Waals surface area contributed by atoms with Crippen LogP contribution in [0.2, 0.25) is 0 Å². The van der Waals surface area contributed by atoms with E-state index in [4.69, 9.17) is 5.73 Å². The van der Waals surface area contributed by atoms with Crippen LogP contribution in [0.5, 0.6) is 0 Å². The molecule has 4 rings (SSSR count). The van der Waals surface area contributed by atoms with Crippen molar-refractivity contribution in [1.29, 1.82) is 0 Å². The minimum atomic E-state index is -0.0687. The maximum absolute atomic E-state index is 12.8. The van der Waals surface area contributed by atoms with Crippen LogP contribution in [0.3, 0.4) is 0 Å². The molecule has 3 unspecified atom stereocenters. The molecule has 3 nitrogen and oxygen atoms in total. The van der Waals surface area contributed by atoms with E-state index in [1.165, 1.54) is 19.3 Å². The maximum atomic E-state index is 12.8. The van der Waals surface area contributed by atoms with Crippen molar-refractivity contribution in [3.63, 3.8) is 0 Å².